The SMILES string of the molecule is COC(=O)c1ccc(S(=O)(=O)NCCOCC(=O)O)cc1. The highest BCUT2D eigenvalue weighted by molar-refractivity contribution is 7.89. The Morgan fingerprint density at radius 2 is 1.86 bits per heavy atom. The maximum atomic E-state index is 11.9. The molecule has 1 aromatic carbocycles. The molecule has 1 aromatic rings. The summed E-state index contributed by atoms with van der Waals surface area (Å²) < 4.78 is 35.2. The standard InChI is InChI=1S/C12H15NO7S/c1-19-12(16)9-2-4-10(5-3-9)21(17,18)13-6-7-20-8-11(14)15/h2-5,13H,6-8H2,1H3,(H,14,15). The summed E-state index contributed by atoms with van der Waals surface area (Å²) in [6.07, 6.45) is 0. The number of esters is 1. The van der Waals surface area contributed by atoms with Crippen LogP contribution in [0.1, 0.15) is 10.4 Å². The second-order valence-corrected chi connectivity index (χ2v) is 5.63. The highest BCUT2D eigenvalue weighted by Gasteiger charge is 2.14. The fraction of sp³-hybridized carbons (Fsp3) is 0.333. The number of benzene rings is 1. The third-order valence-electron chi connectivity index (χ3n) is 2.35. The number of ether oxygens (including phenoxy) is 2. The smallest absolute Gasteiger partial charge is 0.337 e. The maximum absolute atomic E-state index is 11.9. The Labute approximate surface area is 121 Å². The average molecular weight is 317 g/mol. The normalized spacial score (nSPS) is 11.1. The third-order valence-corrected chi connectivity index (χ3v) is 3.83. The van der Waals surface area contributed by atoms with E-state index in [9.17, 15) is 18.0 Å². The van der Waals surface area contributed by atoms with Gasteiger partial charge in [-0.3, -0.25) is 0 Å². The minimum Gasteiger partial charge on any atom is -0.480 e. The van der Waals surface area contributed by atoms with Crippen LogP contribution in [0.2, 0.25) is 0 Å². The van der Waals surface area contributed by atoms with E-state index in [-0.39, 0.29) is 23.6 Å². The molecule has 0 radical (unpaired) electrons. The zero-order valence-corrected chi connectivity index (χ0v) is 12.1. The molecule has 0 saturated carbocycles. The fourth-order valence-corrected chi connectivity index (χ4v) is 2.39. The quantitative estimate of drug-likeness (QED) is 0.505. The molecule has 0 aromatic heterocycles. The van der Waals surface area contributed by atoms with Crippen molar-refractivity contribution >= 4 is 22.0 Å². The molecule has 1 rings (SSSR count). The van der Waals surface area contributed by atoms with Gasteiger partial charge in [0, 0.05) is 6.54 Å². The van der Waals surface area contributed by atoms with Gasteiger partial charge in [-0.05, 0) is 24.3 Å². The first kappa shape index (κ1) is 17.1. The van der Waals surface area contributed by atoms with Crippen LogP contribution in [0.25, 0.3) is 0 Å². The Morgan fingerprint density at radius 1 is 1.24 bits per heavy atom. The summed E-state index contributed by atoms with van der Waals surface area (Å²) in [6.45, 7) is -0.615. The van der Waals surface area contributed by atoms with E-state index >= 15 is 0 Å². The van der Waals surface area contributed by atoms with Crippen LogP contribution in [0.4, 0.5) is 0 Å². The Morgan fingerprint density at radius 3 is 2.38 bits per heavy atom. The summed E-state index contributed by atoms with van der Waals surface area (Å²) in [4.78, 5) is 21.4. The summed E-state index contributed by atoms with van der Waals surface area (Å²) >= 11 is 0. The number of hydrogen-bond donors (Lipinski definition) is 2. The number of carboxylic acid groups (broad SMARTS) is 1. The summed E-state index contributed by atoms with van der Waals surface area (Å²) in [6, 6.07) is 5.21. The Kier molecular flexibility index (Phi) is 6.28. The molecular formula is C12H15NO7S. The number of sulfonamides is 1. The van der Waals surface area contributed by atoms with Crippen LogP contribution in [0.15, 0.2) is 29.2 Å². The zero-order chi connectivity index (χ0) is 15.9. The second-order valence-electron chi connectivity index (χ2n) is 3.86. The molecule has 2 N–H and O–H groups in total. The molecule has 8 nitrogen and oxygen atoms in total. The van der Waals surface area contributed by atoms with E-state index in [4.69, 9.17) is 9.84 Å². The van der Waals surface area contributed by atoms with Gasteiger partial charge in [0.2, 0.25) is 10.0 Å². The van der Waals surface area contributed by atoms with Crippen LogP contribution in [0.3, 0.4) is 0 Å². The maximum Gasteiger partial charge on any atom is 0.337 e. The number of hydrogen-bond acceptors (Lipinski definition) is 6. The first-order valence-electron chi connectivity index (χ1n) is 5.84. The van der Waals surface area contributed by atoms with Gasteiger partial charge in [-0.25, -0.2) is 22.7 Å². The van der Waals surface area contributed by atoms with Gasteiger partial charge in [0.05, 0.1) is 24.2 Å². The van der Waals surface area contributed by atoms with Crippen molar-refractivity contribution in [3.8, 4) is 0 Å². The van der Waals surface area contributed by atoms with E-state index < -0.39 is 28.6 Å². The molecule has 116 valence electrons. The lowest BCUT2D eigenvalue weighted by molar-refractivity contribution is -0.142. The predicted octanol–water partition coefficient (Wildman–Crippen LogP) is -0.147. The van der Waals surface area contributed by atoms with Crippen molar-refractivity contribution in [2.75, 3.05) is 26.9 Å². The van der Waals surface area contributed by atoms with Crippen molar-refractivity contribution in [1.82, 2.24) is 4.72 Å². The minimum absolute atomic E-state index is 0.0200. The molecule has 0 aliphatic rings. The molecular weight excluding hydrogens is 302 g/mol. The van der Waals surface area contributed by atoms with Crippen molar-refractivity contribution in [3.63, 3.8) is 0 Å². The van der Waals surface area contributed by atoms with Crippen molar-refractivity contribution in [1.29, 1.82) is 0 Å². The molecule has 0 bridgehead atoms. The van der Waals surface area contributed by atoms with E-state index in [1.807, 2.05) is 0 Å². The van der Waals surface area contributed by atoms with E-state index in [2.05, 4.69) is 9.46 Å². The van der Waals surface area contributed by atoms with Crippen molar-refractivity contribution in [2.24, 2.45) is 0 Å². The van der Waals surface area contributed by atoms with Crippen molar-refractivity contribution < 1.29 is 32.6 Å². The lowest BCUT2D eigenvalue weighted by Crippen LogP contribution is -2.28. The number of carbonyl (C=O) groups excluding carboxylic acids is 1. The van der Waals surface area contributed by atoms with Gasteiger partial charge in [-0.1, -0.05) is 0 Å². The molecule has 0 aliphatic carbocycles. The Bertz CT molecular complexity index is 595. The monoisotopic (exact) mass is 317 g/mol. The lowest BCUT2D eigenvalue weighted by atomic mass is 10.2. The minimum atomic E-state index is -3.74. The first-order chi connectivity index (χ1) is 9.86. The van der Waals surface area contributed by atoms with Gasteiger partial charge >= 0.3 is 11.9 Å². The average Bonchev–Trinajstić information content (AvgIpc) is 2.45. The number of rotatable bonds is 8. The predicted molar refractivity (Wildman–Crippen MR) is 71.4 cm³/mol. The van der Waals surface area contributed by atoms with E-state index in [1.165, 1.54) is 31.4 Å². The van der Waals surface area contributed by atoms with Crippen LogP contribution in [0, 0.1) is 0 Å². The number of carbonyl (C=O) groups is 2. The van der Waals surface area contributed by atoms with Crippen molar-refractivity contribution in [2.45, 2.75) is 4.90 Å². The van der Waals surface area contributed by atoms with Gasteiger partial charge < -0.3 is 14.6 Å². The largest absolute Gasteiger partial charge is 0.480 e. The van der Waals surface area contributed by atoms with Gasteiger partial charge in [-0.15, -0.1) is 0 Å². The molecule has 0 atom stereocenters. The molecule has 0 aliphatic heterocycles. The summed E-state index contributed by atoms with van der Waals surface area (Å²) in [5, 5.41) is 8.34. The molecule has 0 saturated heterocycles. The van der Waals surface area contributed by atoms with Gasteiger partial charge in [0.25, 0.3) is 0 Å². The lowest BCUT2D eigenvalue weighted by Gasteiger charge is -2.07. The molecule has 0 spiro atoms. The molecule has 21 heavy (non-hydrogen) atoms. The number of nitrogens with one attached hydrogen (secondary N) is 1. The van der Waals surface area contributed by atoms with E-state index in [0.717, 1.165) is 0 Å². The number of methoxy groups -OCH3 is 1. The molecule has 9 heteroatoms. The first-order valence-corrected chi connectivity index (χ1v) is 7.32. The van der Waals surface area contributed by atoms with E-state index in [1.54, 1.807) is 0 Å². The van der Waals surface area contributed by atoms with Crippen LogP contribution >= 0.6 is 0 Å². The number of carboxylic acids is 1. The highest BCUT2D eigenvalue weighted by Crippen LogP contribution is 2.11. The molecule has 0 amide bonds. The third kappa shape index (κ3) is 5.50. The topological polar surface area (TPSA) is 119 Å². The second kappa shape index (κ2) is 7.72. The Hall–Kier alpha value is -1.97. The molecule has 0 fully saturated rings. The Balaban J connectivity index is 2.58. The van der Waals surface area contributed by atoms with E-state index in [0.29, 0.717) is 0 Å². The van der Waals surface area contributed by atoms with Crippen LogP contribution in [-0.4, -0.2) is 52.3 Å². The highest BCUT2D eigenvalue weighted by atomic mass is 32.2. The van der Waals surface area contributed by atoms with Gasteiger partial charge in [0.1, 0.15) is 6.61 Å². The van der Waals surface area contributed by atoms with Crippen LogP contribution < -0.4 is 4.72 Å². The van der Waals surface area contributed by atoms with Crippen LogP contribution in [0.5, 0.6) is 0 Å². The molecule has 0 heterocycles. The van der Waals surface area contributed by atoms with Crippen LogP contribution in [-0.2, 0) is 24.3 Å². The fourth-order valence-electron chi connectivity index (χ4n) is 1.38. The molecule has 0 unspecified atom stereocenters. The van der Waals surface area contributed by atoms with Gasteiger partial charge in [-0.2, -0.15) is 0 Å². The number of aliphatic carboxylic acids is 1. The van der Waals surface area contributed by atoms with Gasteiger partial charge in [0.15, 0.2) is 0 Å². The van der Waals surface area contributed by atoms with Crippen molar-refractivity contribution in [3.05, 3.63) is 29.8 Å². The summed E-state index contributed by atoms with van der Waals surface area (Å²) in [7, 11) is -2.51. The zero-order valence-electron chi connectivity index (χ0n) is 11.2. The summed E-state index contributed by atoms with van der Waals surface area (Å²) in [5.74, 6) is -1.69. The summed E-state index contributed by atoms with van der Waals surface area (Å²) in [5.41, 5.74) is 0.237.